The van der Waals surface area contributed by atoms with E-state index in [1.54, 1.807) is 6.07 Å². The molecule has 2 atom stereocenters. The van der Waals surface area contributed by atoms with Gasteiger partial charge in [-0.2, -0.15) is 0 Å². The minimum Gasteiger partial charge on any atom is -0.443 e. The van der Waals surface area contributed by atoms with Gasteiger partial charge in [-0.15, -0.1) is 0 Å². The Hall–Kier alpha value is -2.62. The van der Waals surface area contributed by atoms with Crippen LogP contribution in [0.2, 0.25) is 5.02 Å². The van der Waals surface area contributed by atoms with E-state index in [0.29, 0.717) is 10.6 Å². The maximum atomic E-state index is 13.2. The molecule has 4 heteroatoms. The van der Waals surface area contributed by atoms with E-state index in [-0.39, 0.29) is 5.92 Å². The first-order chi connectivity index (χ1) is 14.0. The molecule has 0 saturated heterocycles. The summed E-state index contributed by atoms with van der Waals surface area (Å²) in [7, 11) is 0. The van der Waals surface area contributed by atoms with Crippen LogP contribution in [0.1, 0.15) is 37.0 Å². The lowest BCUT2D eigenvalue weighted by molar-refractivity contribution is -0.156. The predicted molar refractivity (Wildman–Crippen MR) is 118 cm³/mol. The molecule has 0 saturated carbocycles. The van der Waals surface area contributed by atoms with Gasteiger partial charge in [0, 0.05) is 21.7 Å². The maximum Gasteiger partial charge on any atom is 0.324 e. The van der Waals surface area contributed by atoms with Gasteiger partial charge in [-0.25, -0.2) is 0 Å². The summed E-state index contributed by atoms with van der Waals surface area (Å²) in [6, 6.07) is 26.0. The largest absolute Gasteiger partial charge is 0.443 e. The van der Waals surface area contributed by atoms with E-state index in [1.807, 2.05) is 92.7 Å². The summed E-state index contributed by atoms with van der Waals surface area (Å²) in [6.45, 7) is 3.96. The van der Waals surface area contributed by atoms with Crippen LogP contribution < -0.4 is 5.73 Å². The Balaban J connectivity index is 2.27. The highest BCUT2D eigenvalue weighted by molar-refractivity contribution is 6.31. The zero-order chi connectivity index (χ0) is 20.9. The lowest BCUT2D eigenvalue weighted by Crippen LogP contribution is -2.44. The lowest BCUT2D eigenvalue weighted by atomic mass is 9.80. The minimum atomic E-state index is -1.21. The molecule has 0 fully saturated rings. The second-order valence-corrected chi connectivity index (χ2v) is 7.63. The standard InChI is InChI=1S/C25H26ClNO2/c1-3-18(2)23(27)24(28)29-25(19-12-6-4-7-13-19,20-14-8-5-9-15-20)21-16-10-11-17-22(21)26/h4-18,23H,3,27H2,1-2H3/t18-,23-/m0/s1. The highest BCUT2D eigenvalue weighted by Crippen LogP contribution is 2.43. The Morgan fingerprint density at radius 1 is 0.931 bits per heavy atom. The molecule has 0 heterocycles. The van der Waals surface area contributed by atoms with Crippen LogP contribution in [0.5, 0.6) is 0 Å². The van der Waals surface area contributed by atoms with Crippen molar-refractivity contribution in [3.8, 4) is 0 Å². The van der Waals surface area contributed by atoms with Gasteiger partial charge in [-0.1, -0.05) is 111 Å². The minimum absolute atomic E-state index is 0.00186. The number of benzene rings is 3. The second-order valence-electron chi connectivity index (χ2n) is 7.23. The van der Waals surface area contributed by atoms with Crippen molar-refractivity contribution in [1.82, 2.24) is 0 Å². The molecule has 3 aromatic carbocycles. The molecule has 0 amide bonds. The van der Waals surface area contributed by atoms with E-state index in [1.165, 1.54) is 0 Å². The predicted octanol–water partition coefficient (Wildman–Crippen LogP) is 5.55. The van der Waals surface area contributed by atoms with Crippen LogP contribution in [0.15, 0.2) is 84.9 Å². The van der Waals surface area contributed by atoms with Crippen LogP contribution in [-0.4, -0.2) is 12.0 Å². The first-order valence-electron chi connectivity index (χ1n) is 9.85. The average molecular weight is 408 g/mol. The summed E-state index contributed by atoms with van der Waals surface area (Å²) in [5.74, 6) is -0.454. The number of ether oxygens (including phenoxy) is 1. The Bertz CT molecular complexity index is 904. The molecule has 0 aliphatic carbocycles. The Labute approximate surface area is 177 Å². The van der Waals surface area contributed by atoms with Crippen LogP contribution in [0.3, 0.4) is 0 Å². The van der Waals surface area contributed by atoms with Crippen LogP contribution >= 0.6 is 11.6 Å². The third kappa shape index (κ3) is 4.21. The normalized spacial score (nSPS) is 13.5. The summed E-state index contributed by atoms with van der Waals surface area (Å²) in [6.07, 6.45) is 0.784. The smallest absolute Gasteiger partial charge is 0.324 e. The molecular weight excluding hydrogens is 382 g/mol. The fourth-order valence-electron chi connectivity index (χ4n) is 3.45. The molecule has 2 N–H and O–H groups in total. The summed E-state index contributed by atoms with van der Waals surface area (Å²) < 4.78 is 6.31. The SMILES string of the molecule is CC[C@H](C)[C@H](N)C(=O)OC(c1ccccc1)(c1ccccc1)c1ccccc1Cl. The van der Waals surface area contributed by atoms with Crippen molar-refractivity contribution in [2.45, 2.75) is 31.9 Å². The van der Waals surface area contributed by atoms with Crippen molar-refractivity contribution >= 4 is 17.6 Å². The summed E-state index contributed by atoms with van der Waals surface area (Å²) in [5.41, 5.74) is 7.35. The molecule has 29 heavy (non-hydrogen) atoms. The summed E-state index contributed by atoms with van der Waals surface area (Å²) in [4.78, 5) is 13.2. The summed E-state index contributed by atoms with van der Waals surface area (Å²) >= 11 is 6.64. The molecule has 0 aliphatic rings. The third-order valence-electron chi connectivity index (χ3n) is 5.40. The van der Waals surface area contributed by atoms with E-state index in [9.17, 15) is 4.79 Å². The van der Waals surface area contributed by atoms with Gasteiger partial charge < -0.3 is 10.5 Å². The number of nitrogens with two attached hydrogens (primary N) is 1. The molecule has 0 aromatic heterocycles. The average Bonchev–Trinajstić information content (AvgIpc) is 2.78. The molecular formula is C25H26ClNO2. The fraction of sp³-hybridized carbons (Fsp3) is 0.240. The molecule has 0 bridgehead atoms. The van der Waals surface area contributed by atoms with Crippen molar-refractivity contribution in [2.75, 3.05) is 0 Å². The lowest BCUT2D eigenvalue weighted by Gasteiger charge is -2.37. The number of hydrogen-bond acceptors (Lipinski definition) is 3. The molecule has 3 nitrogen and oxygen atoms in total. The van der Waals surface area contributed by atoms with Crippen LogP contribution in [-0.2, 0) is 15.1 Å². The molecule has 3 rings (SSSR count). The van der Waals surface area contributed by atoms with E-state index in [2.05, 4.69) is 0 Å². The Morgan fingerprint density at radius 2 is 1.41 bits per heavy atom. The quantitative estimate of drug-likeness (QED) is 0.412. The summed E-state index contributed by atoms with van der Waals surface area (Å²) in [5, 5.41) is 0.519. The van der Waals surface area contributed by atoms with E-state index >= 15 is 0 Å². The number of hydrogen-bond donors (Lipinski definition) is 1. The monoisotopic (exact) mass is 407 g/mol. The van der Waals surface area contributed by atoms with Gasteiger partial charge in [0.2, 0.25) is 0 Å². The van der Waals surface area contributed by atoms with Gasteiger partial charge in [0.05, 0.1) is 0 Å². The topological polar surface area (TPSA) is 52.3 Å². The van der Waals surface area contributed by atoms with Crippen molar-refractivity contribution < 1.29 is 9.53 Å². The first kappa shape index (κ1) is 21.1. The zero-order valence-corrected chi connectivity index (χ0v) is 17.5. The van der Waals surface area contributed by atoms with E-state index < -0.39 is 17.6 Å². The molecule has 0 spiro atoms. The Kier molecular flexibility index (Phi) is 6.73. The van der Waals surface area contributed by atoms with Crippen molar-refractivity contribution in [1.29, 1.82) is 0 Å². The van der Waals surface area contributed by atoms with Crippen LogP contribution in [0.25, 0.3) is 0 Å². The van der Waals surface area contributed by atoms with Crippen molar-refractivity contribution in [3.63, 3.8) is 0 Å². The number of esters is 1. The van der Waals surface area contributed by atoms with Gasteiger partial charge in [-0.05, 0) is 12.0 Å². The number of rotatable bonds is 7. The van der Waals surface area contributed by atoms with Crippen LogP contribution in [0, 0.1) is 5.92 Å². The van der Waals surface area contributed by atoms with Crippen LogP contribution in [0.4, 0.5) is 0 Å². The zero-order valence-electron chi connectivity index (χ0n) is 16.7. The van der Waals surface area contributed by atoms with Gasteiger partial charge in [-0.3, -0.25) is 4.79 Å². The van der Waals surface area contributed by atoms with Crippen molar-refractivity contribution in [2.24, 2.45) is 11.7 Å². The third-order valence-corrected chi connectivity index (χ3v) is 5.73. The van der Waals surface area contributed by atoms with Gasteiger partial charge >= 0.3 is 5.97 Å². The fourth-order valence-corrected chi connectivity index (χ4v) is 3.72. The van der Waals surface area contributed by atoms with Gasteiger partial charge in [0.25, 0.3) is 0 Å². The first-order valence-corrected chi connectivity index (χ1v) is 10.2. The Morgan fingerprint density at radius 3 is 1.90 bits per heavy atom. The van der Waals surface area contributed by atoms with Gasteiger partial charge in [0.15, 0.2) is 5.60 Å². The number of halogens is 1. The molecule has 3 aromatic rings. The number of carbonyl (C=O) groups excluding carboxylic acids is 1. The van der Waals surface area contributed by atoms with Gasteiger partial charge in [0.1, 0.15) is 6.04 Å². The molecule has 0 aliphatic heterocycles. The molecule has 0 unspecified atom stereocenters. The molecule has 0 radical (unpaired) electrons. The van der Waals surface area contributed by atoms with E-state index in [4.69, 9.17) is 22.1 Å². The maximum absolute atomic E-state index is 13.2. The van der Waals surface area contributed by atoms with Crippen molar-refractivity contribution in [3.05, 3.63) is 107 Å². The highest BCUT2D eigenvalue weighted by Gasteiger charge is 2.43. The second kappa shape index (κ2) is 9.25. The van der Waals surface area contributed by atoms with E-state index in [0.717, 1.165) is 17.5 Å². The number of carbonyl (C=O) groups is 1. The highest BCUT2D eigenvalue weighted by atomic mass is 35.5. The molecule has 150 valence electrons.